The van der Waals surface area contributed by atoms with E-state index < -0.39 is 22.7 Å². The van der Waals surface area contributed by atoms with Crippen LogP contribution in [-0.4, -0.2) is 16.0 Å². The number of aromatic nitrogens is 2. The first kappa shape index (κ1) is 18.2. The standard InChI is InChI=1S/C17H13ClF3N3O2/c1-8(2)14-11-5-9(7-22-16(11)26-24-14)15(25)23-10-3-4-13(18)12(6-10)17(19,20)21/h3-8H,1-2H3,(H,23,25). The summed E-state index contributed by atoms with van der Waals surface area (Å²) in [6, 6.07) is 4.70. The van der Waals surface area contributed by atoms with Crippen LogP contribution < -0.4 is 5.32 Å². The SMILES string of the molecule is CC(C)c1noc2ncc(C(=O)Nc3ccc(Cl)c(C(F)(F)F)c3)cc12. The second kappa shape index (κ2) is 6.60. The van der Waals surface area contributed by atoms with E-state index in [1.54, 1.807) is 6.07 Å². The molecule has 0 aliphatic heterocycles. The zero-order chi connectivity index (χ0) is 19.1. The number of carbonyl (C=O) groups is 1. The number of pyridine rings is 1. The summed E-state index contributed by atoms with van der Waals surface area (Å²) in [5.41, 5.74) is 0.0584. The highest BCUT2D eigenvalue weighted by Crippen LogP contribution is 2.36. The van der Waals surface area contributed by atoms with Crippen LogP contribution in [0.25, 0.3) is 11.1 Å². The highest BCUT2D eigenvalue weighted by Gasteiger charge is 2.33. The second-order valence-electron chi connectivity index (χ2n) is 5.95. The Morgan fingerprint density at radius 1 is 1.27 bits per heavy atom. The number of hydrogen-bond donors (Lipinski definition) is 1. The van der Waals surface area contributed by atoms with Crippen molar-refractivity contribution in [2.24, 2.45) is 0 Å². The van der Waals surface area contributed by atoms with Crippen molar-refractivity contribution in [2.75, 3.05) is 5.32 Å². The van der Waals surface area contributed by atoms with Crippen LogP contribution in [0.15, 0.2) is 35.0 Å². The topological polar surface area (TPSA) is 68.0 Å². The number of halogens is 4. The number of rotatable bonds is 3. The summed E-state index contributed by atoms with van der Waals surface area (Å²) in [7, 11) is 0. The van der Waals surface area contributed by atoms with Gasteiger partial charge in [-0.05, 0) is 30.2 Å². The lowest BCUT2D eigenvalue weighted by Gasteiger charge is -2.11. The maximum absolute atomic E-state index is 12.9. The van der Waals surface area contributed by atoms with Crippen LogP contribution in [0.3, 0.4) is 0 Å². The molecule has 0 atom stereocenters. The van der Waals surface area contributed by atoms with Crippen LogP contribution in [0.5, 0.6) is 0 Å². The highest BCUT2D eigenvalue weighted by atomic mass is 35.5. The smallest absolute Gasteiger partial charge is 0.336 e. The lowest BCUT2D eigenvalue weighted by molar-refractivity contribution is -0.137. The normalized spacial score (nSPS) is 12.0. The molecule has 3 rings (SSSR count). The number of nitrogens with one attached hydrogen (secondary N) is 1. The third kappa shape index (κ3) is 3.50. The molecule has 0 saturated heterocycles. The van der Waals surface area contributed by atoms with Gasteiger partial charge < -0.3 is 9.84 Å². The zero-order valence-corrected chi connectivity index (χ0v) is 14.4. The Balaban J connectivity index is 1.91. The van der Waals surface area contributed by atoms with Gasteiger partial charge in [0, 0.05) is 11.9 Å². The van der Waals surface area contributed by atoms with Crippen molar-refractivity contribution in [2.45, 2.75) is 25.9 Å². The van der Waals surface area contributed by atoms with E-state index in [1.165, 1.54) is 12.3 Å². The lowest BCUT2D eigenvalue weighted by atomic mass is 10.1. The molecule has 0 bridgehead atoms. The Hall–Kier alpha value is -2.61. The van der Waals surface area contributed by atoms with E-state index in [0.29, 0.717) is 11.1 Å². The first-order chi connectivity index (χ1) is 12.2. The van der Waals surface area contributed by atoms with Crippen molar-refractivity contribution in [1.82, 2.24) is 10.1 Å². The molecular formula is C17H13ClF3N3O2. The zero-order valence-electron chi connectivity index (χ0n) is 13.7. The Labute approximate surface area is 151 Å². The molecule has 136 valence electrons. The number of hydrogen-bond acceptors (Lipinski definition) is 4. The van der Waals surface area contributed by atoms with Crippen LogP contribution in [0.2, 0.25) is 5.02 Å². The molecule has 3 aromatic rings. The summed E-state index contributed by atoms with van der Waals surface area (Å²) >= 11 is 5.57. The number of amides is 1. The highest BCUT2D eigenvalue weighted by molar-refractivity contribution is 6.31. The largest absolute Gasteiger partial charge is 0.417 e. The van der Waals surface area contributed by atoms with E-state index in [9.17, 15) is 18.0 Å². The second-order valence-corrected chi connectivity index (χ2v) is 6.35. The predicted octanol–water partition coefficient (Wildman–Crippen LogP) is 5.27. The quantitative estimate of drug-likeness (QED) is 0.669. The first-order valence-electron chi connectivity index (χ1n) is 7.60. The minimum atomic E-state index is -4.62. The van der Waals surface area contributed by atoms with E-state index in [0.717, 1.165) is 12.1 Å². The monoisotopic (exact) mass is 383 g/mol. The number of alkyl halides is 3. The Morgan fingerprint density at radius 2 is 2.00 bits per heavy atom. The molecule has 0 radical (unpaired) electrons. The minimum Gasteiger partial charge on any atom is -0.336 e. The average Bonchev–Trinajstić information content (AvgIpc) is 2.98. The summed E-state index contributed by atoms with van der Waals surface area (Å²) in [6.07, 6.45) is -3.35. The number of anilines is 1. The van der Waals surface area contributed by atoms with E-state index in [4.69, 9.17) is 16.1 Å². The molecule has 0 spiro atoms. The van der Waals surface area contributed by atoms with Crippen molar-refractivity contribution < 1.29 is 22.5 Å². The third-order valence-electron chi connectivity index (χ3n) is 3.70. The number of benzene rings is 1. The fourth-order valence-electron chi connectivity index (χ4n) is 2.41. The van der Waals surface area contributed by atoms with Gasteiger partial charge in [-0.1, -0.05) is 30.6 Å². The van der Waals surface area contributed by atoms with Crippen LogP contribution >= 0.6 is 11.6 Å². The van der Waals surface area contributed by atoms with E-state index in [-0.39, 0.29) is 22.9 Å². The fourth-order valence-corrected chi connectivity index (χ4v) is 2.64. The summed E-state index contributed by atoms with van der Waals surface area (Å²) in [5.74, 6) is -0.548. The van der Waals surface area contributed by atoms with E-state index >= 15 is 0 Å². The fraction of sp³-hybridized carbons (Fsp3) is 0.235. The molecule has 1 amide bonds. The van der Waals surface area contributed by atoms with E-state index in [1.807, 2.05) is 13.8 Å². The van der Waals surface area contributed by atoms with Gasteiger partial charge in [0.05, 0.1) is 27.2 Å². The van der Waals surface area contributed by atoms with Gasteiger partial charge in [-0.3, -0.25) is 4.79 Å². The Bertz CT molecular complexity index is 983. The van der Waals surface area contributed by atoms with Gasteiger partial charge in [0.25, 0.3) is 11.6 Å². The molecule has 9 heteroatoms. The van der Waals surface area contributed by atoms with Crippen LogP contribution in [-0.2, 0) is 6.18 Å². The molecule has 5 nitrogen and oxygen atoms in total. The summed E-state index contributed by atoms with van der Waals surface area (Å²) < 4.78 is 43.9. The number of fused-ring (bicyclic) bond motifs is 1. The van der Waals surface area contributed by atoms with Gasteiger partial charge in [0.15, 0.2) is 0 Å². The molecular weight excluding hydrogens is 371 g/mol. The molecule has 0 aliphatic carbocycles. The lowest BCUT2D eigenvalue weighted by Crippen LogP contribution is -2.13. The molecule has 0 saturated carbocycles. The third-order valence-corrected chi connectivity index (χ3v) is 4.03. The van der Waals surface area contributed by atoms with Gasteiger partial charge in [0.2, 0.25) is 0 Å². The molecule has 0 unspecified atom stereocenters. The molecule has 26 heavy (non-hydrogen) atoms. The van der Waals surface area contributed by atoms with Gasteiger partial charge in [-0.2, -0.15) is 13.2 Å². The average molecular weight is 384 g/mol. The summed E-state index contributed by atoms with van der Waals surface area (Å²) in [6.45, 7) is 3.83. The molecule has 0 fully saturated rings. The van der Waals surface area contributed by atoms with Gasteiger partial charge in [-0.25, -0.2) is 4.98 Å². The molecule has 0 aliphatic rings. The molecule has 1 N–H and O–H groups in total. The molecule has 2 heterocycles. The van der Waals surface area contributed by atoms with Crippen molar-refractivity contribution in [3.05, 3.63) is 52.3 Å². The Kier molecular flexibility index (Phi) is 4.62. The molecule has 2 aromatic heterocycles. The van der Waals surface area contributed by atoms with Crippen molar-refractivity contribution in [1.29, 1.82) is 0 Å². The first-order valence-corrected chi connectivity index (χ1v) is 7.98. The van der Waals surface area contributed by atoms with Crippen molar-refractivity contribution >= 4 is 34.3 Å². The van der Waals surface area contributed by atoms with Crippen LogP contribution in [0.4, 0.5) is 18.9 Å². The predicted molar refractivity (Wildman–Crippen MR) is 90.3 cm³/mol. The van der Waals surface area contributed by atoms with Gasteiger partial charge in [-0.15, -0.1) is 0 Å². The summed E-state index contributed by atoms with van der Waals surface area (Å²) in [5, 5.41) is 6.48. The van der Waals surface area contributed by atoms with Crippen LogP contribution in [0, 0.1) is 0 Å². The summed E-state index contributed by atoms with van der Waals surface area (Å²) in [4.78, 5) is 16.4. The van der Waals surface area contributed by atoms with Crippen molar-refractivity contribution in [3.8, 4) is 0 Å². The van der Waals surface area contributed by atoms with Crippen molar-refractivity contribution in [3.63, 3.8) is 0 Å². The van der Waals surface area contributed by atoms with E-state index in [2.05, 4.69) is 15.5 Å². The Morgan fingerprint density at radius 3 is 2.65 bits per heavy atom. The maximum atomic E-state index is 12.9. The number of carbonyl (C=O) groups excluding carboxylic acids is 1. The maximum Gasteiger partial charge on any atom is 0.417 e. The number of nitrogens with zero attached hydrogens (tertiary/aromatic N) is 2. The minimum absolute atomic E-state index is 0.0266. The van der Waals surface area contributed by atoms with Crippen LogP contribution in [0.1, 0.15) is 41.4 Å². The van der Waals surface area contributed by atoms with Gasteiger partial charge in [0.1, 0.15) is 0 Å². The van der Waals surface area contributed by atoms with Gasteiger partial charge >= 0.3 is 6.18 Å². The molecule has 1 aromatic carbocycles.